The molecule has 0 aliphatic heterocycles. The molecule has 3 rings (SSSR count). The van der Waals surface area contributed by atoms with Gasteiger partial charge in [-0.15, -0.1) is 0 Å². The van der Waals surface area contributed by atoms with Crippen LogP contribution in [0.4, 0.5) is 0 Å². The van der Waals surface area contributed by atoms with Gasteiger partial charge in [0.25, 0.3) is 0 Å². The van der Waals surface area contributed by atoms with Gasteiger partial charge in [-0.2, -0.15) is 0 Å². The van der Waals surface area contributed by atoms with Crippen LogP contribution in [0.5, 0.6) is 11.5 Å². The number of hydrogen-bond donors (Lipinski definition) is 0. The Labute approximate surface area is 177 Å². The summed E-state index contributed by atoms with van der Waals surface area (Å²) < 4.78 is 17.1. The number of carbonyl (C=O) groups excluding carboxylic acids is 2. The van der Waals surface area contributed by atoms with Crippen molar-refractivity contribution in [2.24, 2.45) is 0 Å². The topological polar surface area (TPSA) is 61.8 Å². The third kappa shape index (κ3) is 5.68. The maximum atomic E-state index is 12.3. The molecule has 0 saturated heterocycles. The predicted octanol–water partition coefficient (Wildman–Crippen LogP) is 5.08. The maximum Gasteiger partial charge on any atom is 0.338 e. The van der Waals surface area contributed by atoms with Crippen molar-refractivity contribution >= 4 is 27.7 Å². The first-order chi connectivity index (χ1) is 14.1. The van der Waals surface area contributed by atoms with Crippen LogP contribution in [0.25, 0.3) is 0 Å². The minimum absolute atomic E-state index is 0.275. The Balaban J connectivity index is 1.61. The number of hydrogen-bond acceptors (Lipinski definition) is 5. The third-order valence-corrected chi connectivity index (χ3v) is 4.67. The van der Waals surface area contributed by atoms with Gasteiger partial charge in [0, 0.05) is 10.0 Å². The fraction of sp³-hybridized carbons (Fsp3) is 0.130. The average Bonchev–Trinajstić information content (AvgIpc) is 2.76. The van der Waals surface area contributed by atoms with Crippen LogP contribution < -0.4 is 9.47 Å². The van der Waals surface area contributed by atoms with Crippen molar-refractivity contribution in [3.05, 3.63) is 94.0 Å². The molecule has 3 aromatic carbocycles. The molecule has 0 saturated carbocycles. The zero-order chi connectivity index (χ0) is 20.6. The number of carbonyl (C=O) groups is 2. The molecule has 0 bridgehead atoms. The SMILES string of the molecule is COc1cc(C(=O)OCC(=O)c2ccc(Br)cc2)ccc1OCc1ccccc1. The molecule has 0 amide bonds. The number of halogens is 1. The molecule has 0 aliphatic carbocycles. The van der Waals surface area contributed by atoms with Crippen LogP contribution in [0.3, 0.4) is 0 Å². The summed E-state index contributed by atoms with van der Waals surface area (Å²) in [7, 11) is 1.50. The summed E-state index contributed by atoms with van der Waals surface area (Å²) in [6.45, 7) is 0.0394. The molecular formula is C23H19BrO5. The molecule has 5 nitrogen and oxygen atoms in total. The second-order valence-electron chi connectivity index (χ2n) is 6.15. The van der Waals surface area contributed by atoms with E-state index in [0.717, 1.165) is 10.0 Å². The maximum absolute atomic E-state index is 12.3. The normalized spacial score (nSPS) is 10.3. The van der Waals surface area contributed by atoms with Gasteiger partial charge in [-0.25, -0.2) is 4.79 Å². The molecule has 0 atom stereocenters. The minimum Gasteiger partial charge on any atom is -0.493 e. The lowest BCUT2D eigenvalue weighted by Crippen LogP contribution is -2.14. The second kappa shape index (κ2) is 9.89. The summed E-state index contributed by atoms with van der Waals surface area (Å²) in [6, 6.07) is 21.3. The van der Waals surface area contributed by atoms with E-state index in [4.69, 9.17) is 14.2 Å². The van der Waals surface area contributed by atoms with E-state index in [0.29, 0.717) is 23.7 Å². The highest BCUT2D eigenvalue weighted by Gasteiger charge is 2.15. The number of ether oxygens (including phenoxy) is 3. The van der Waals surface area contributed by atoms with Crippen molar-refractivity contribution in [2.45, 2.75) is 6.61 Å². The summed E-state index contributed by atoms with van der Waals surface area (Å²) >= 11 is 3.31. The Kier molecular flexibility index (Phi) is 7.03. The average molecular weight is 455 g/mol. The quantitative estimate of drug-likeness (QED) is 0.350. The van der Waals surface area contributed by atoms with Gasteiger partial charge >= 0.3 is 5.97 Å². The monoisotopic (exact) mass is 454 g/mol. The Morgan fingerprint density at radius 1 is 0.862 bits per heavy atom. The van der Waals surface area contributed by atoms with Crippen LogP contribution >= 0.6 is 15.9 Å². The first-order valence-electron chi connectivity index (χ1n) is 8.87. The summed E-state index contributed by atoms with van der Waals surface area (Å²) in [5.74, 6) is 0.0393. The van der Waals surface area contributed by atoms with Crippen molar-refractivity contribution in [1.29, 1.82) is 0 Å². The standard InChI is InChI=1S/C23H19BrO5/c1-27-22-13-18(9-12-21(22)28-14-16-5-3-2-4-6-16)23(26)29-15-20(25)17-7-10-19(24)11-8-17/h2-13H,14-15H2,1H3. The highest BCUT2D eigenvalue weighted by molar-refractivity contribution is 9.10. The molecule has 0 N–H and O–H groups in total. The summed E-state index contributed by atoms with van der Waals surface area (Å²) in [5, 5.41) is 0. The Morgan fingerprint density at radius 3 is 2.24 bits per heavy atom. The van der Waals surface area contributed by atoms with Gasteiger partial charge in [0.1, 0.15) is 6.61 Å². The summed E-state index contributed by atoms with van der Waals surface area (Å²) in [4.78, 5) is 24.5. The lowest BCUT2D eigenvalue weighted by molar-refractivity contribution is 0.0474. The first kappa shape index (κ1) is 20.6. The Bertz CT molecular complexity index is 984. The second-order valence-corrected chi connectivity index (χ2v) is 7.06. The first-order valence-corrected chi connectivity index (χ1v) is 9.67. The molecule has 6 heteroatoms. The van der Waals surface area contributed by atoms with Gasteiger partial charge in [0.15, 0.2) is 23.9 Å². The van der Waals surface area contributed by atoms with E-state index in [1.54, 1.807) is 36.4 Å². The molecule has 0 unspecified atom stereocenters. The van der Waals surface area contributed by atoms with Crippen LogP contribution in [0.1, 0.15) is 26.3 Å². The number of rotatable bonds is 8. The fourth-order valence-electron chi connectivity index (χ4n) is 2.58. The highest BCUT2D eigenvalue weighted by Crippen LogP contribution is 2.29. The molecule has 0 aromatic heterocycles. The van der Waals surface area contributed by atoms with Crippen molar-refractivity contribution in [1.82, 2.24) is 0 Å². The van der Waals surface area contributed by atoms with Gasteiger partial charge < -0.3 is 14.2 Å². The van der Waals surface area contributed by atoms with E-state index in [1.165, 1.54) is 13.2 Å². The molecule has 3 aromatic rings. The summed E-state index contributed by atoms with van der Waals surface area (Å²) in [5.41, 5.74) is 1.77. The van der Waals surface area contributed by atoms with Gasteiger partial charge in [0.2, 0.25) is 0 Å². The van der Waals surface area contributed by atoms with E-state index >= 15 is 0 Å². The van der Waals surface area contributed by atoms with E-state index < -0.39 is 5.97 Å². The van der Waals surface area contributed by atoms with Crippen LogP contribution in [-0.4, -0.2) is 25.5 Å². The van der Waals surface area contributed by atoms with Crippen molar-refractivity contribution in [3.8, 4) is 11.5 Å². The van der Waals surface area contributed by atoms with Crippen molar-refractivity contribution in [2.75, 3.05) is 13.7 Å². The lowest BCUT2D eigenvalue weighted by Gasteiger charge is -2.12. The van der Waals surface area contributed by atoms with E-state index in [9.17, 15) is 9.59 Å². The number of benzene rings is 3. The van der Waals surface area contributed by atoms with Crippen LogP contribution in [0.15, 0.2) is 77.3 Å². The molecule has 0 spiro atoms. The van der Waals surface area contributed by atoms with E-state index in [2.05, 4.69) is 15.9 Å². The van der Waals surface area contributed by atoms with Crippen LogP contribution in [0, 0.1) is 0 Å². The molecule has 0 heterocycles. The zero-order valence-corrected chi connectivity index (χ0v) is 17.3. The molecule has 0 fully saturated rings. The van der Waals surface area contributed by atoms with Gasteiger partial charge in [-0.3, -0.25) is 4.79 Å². The molecule has 29 heavy (non-hydrogen) atoms. The number of methoxy groups -OCH3 is 1. The lowest BCUT2D eigenvalue weighted by atomic mass is 10.1. The number of ketones is 1. The largest absolute Gasteiger partial charge is 0.493 e. The molecule has 0 aliphatic rings. The summed E-state index contributed by atoms with van der Waals surface area (Å²) in [6.07, 6.45) is 0. The van der Waals surface area contributed by atoms with Crippen LogP contribution in [-0.2, 0) is 11.3 Å². The van der Waals surface area contributed by atoms with Crippen molar-refractivity contribution < 1.29 is 23.8 Å². The fourth-order valence-corrected chi connectivity index (χ4v) is 2.85. The third-order valence-electron chi connectivity index (χ3n) is 4.14. The Hall–Kier alpha value is -3.12. The molecule has 148 valence electrons. The minimum atomic E-state index is -0.608. The van der Waals surface area contributed by atoms with Gasteiger partial charge in [-0.1, -0.05) is 58.4 Å². The Morgan fingerprint density at radius 2 is 1.55 bits per heavy atom. The predicted molar refractivity (Wildman–Crippen MR) is 113 cm³/mol. The van der Waals surface area contributed by atoms with Crippen LogP contribution in [0.2, 0.25) is 0 Å². The van der Waals surface area contributed by atoms with Gasteiger partial charge in [0.05, 0.1) is 12.7 Å². The smallest absolute Gasteiger partial charge is 0.338 e. The zero-order valence-electron chi connectivity index (χ0n) is 15.8. The van der Waals surface area contributed by atoms with E-state index in [-0.39, 0.29) is 18.0 Å². The van der Waals surface area contributed by atoms with E-state index in [1.807, 2.05) is 30.3 Å². The van der Waals surface area contributed by atoms with Crippen molar-refractivity contribution in [3.63, 3.8) is 0 Å². The number of esters is 1. The highest BCUT2D eigenvalue weighted by atomic mass is 79.9. The number of Topliss-reactive ketones (excluding diaryl/α,β-unsaturated/α-hetero) is 1. The molecular weight excluding hydrogens is 436 g/mol. The van der Waals surface area contributed by atoms with Gasteiger partial charge in [-0.05, 0) is 35.9 Å². The molecule has 0 radical (unpaired) electrons.